The molecular formula is C11H23NO. The summed E-state index contributed by atoms with van der Waals surface area (Å²) in [4.78, 5) is 0. The highest BCUT2D eigenvalue weighted by atomic mass is 16.3. The molecule has 13 heavy (non-hydrogen) atoms. The summed E-state index contributed by atoms with van der Waals surface area (Å²) in [7, 11) is 0. The van der Waals surface area contributed by atoms with E-state index in [0.29, 0.717) is 5.92 Å². The van der Waals surface area contributed by atoms with E-state index in [1.807, 2.05) is 0 Å². The summed E-state index contributed by atoms with van der Waals surface area (Å²) in [6, 6.07) is 0. The summed E-state index contributed by atoms with van der Waals surface area (Å²) in [6.45, 7) is 4.39. The normalized spacial score (nSPS) is 21.7. The molecule has 0 aromatic rings. The van der Waals surface area contributed by atoms with E-state index >= 15 is 0 Å². The minimum atomic E-state index is -0.0337. The molecule has 1 rings (SSSR count). The fraction of sp³-hybridized carbons (Fsp3) is 1.00. The Balaban J connectivity index is 2.09. The summed E-state index contributed by atoms with van der Waals surface area (Å²) < 4.78 is 0. The molecule has 2 N–H and O–H groups in total. The smallest absolute Gasteiger partial charge is 0.0569 e. The average molecular weight is 185 g/mol. The van der Waals surface area contributed by atoms with Crippen molar-refractivity contribution in [3.05, 3.63) is 0 Å². The van der Waals surface area contributed by atoms with E-state index in [4.69, 9.17) is 0 Å². The van der Waals surface area contributed by atoms with Gasteiger partial charge in [-0.2, -0.15) is 0 Å². The highest BCUT2D eigenvalue weighted by Crippen LogP contribution is 2.20. The van der Waals surface area contributed by atoms with Crippen LogP contribution in [0.3, 0.4) is 0 Å². The predicted octanol–water partition coefficient (Wildman–Crippen LogP) is 1.93. The second kappa shape index (κ2) is 6.39. The predicted molar refractivity (Wildman–Crippen MR) is 55.7 cm³/mol. The van der Waals surface area contributed by atoms with Gasteiger partial charge in [-0.15, -0.1) is 0 Å². The molecule has 1 aliphatic heterocycles. The van der Waals surface area contributed by atoms with Gasteiger partial charge in [0.25, 0.3) is 0 Å². The number of aliphatic hydroxyl groups excluding tert-OH is 1. The summed E-state index contributed by atoms with van der Waals surface area (Å²) >= 11 is 0. The Hall–Kier alpha value is -0.0800. The standard InChI is InChI=1S/C11H23NO/c1-2-3-4-5-11(13)10-6-8-12-9-7-10/h10-13H,2-9H2,1H3. The largest absolute Gasteiger partial charge is 0.393 e. The zero-order valence-electron chi connectivity index (χ0n) is 8.76. The van der Waals surface area contributed by atoms with Crippen molar-refractivity contribution in [3.63, 3.8) is 0 Å². The third kappa shape index (κ3) is 4.10. The first kappa shape index (κ1) is 11.0. The zero-order chi connectivity index (χ0) is 9.52. The molecule has 0 amide bonds. The second-order valence-electron chi connectivity index (χ2n) is 4.15. The highest BCUT2D eigenvalue weighted by Gasteiger charge is 2.20. The quantitative estimate of drug-likeness (QED) is 0.641. The number of hydrogen-bond donors (Lipinski definition) is 2. The molecule has 0 aliphatic carbocycles. The Bertz CT molecular complexity index is 121. The van der Waals surface area contributed by atoms with Gasteiger partial charge in [0, 0.05) is 0 Å². The van der Waals surface area contributed by atoms with E-state index in [9.17, 15) is 5.11 Å². The summed E-state index contributed by atoms with van der Waals surface area (Å²) in [5.74, 6) is 0.568. The second-order valence-corrected chi connectivity index (χ2v) is 4.15. The van der Waals surface area contributed by atoms with Crippen LogP contribution in [0.2, 0.25) is 0 Å². The van der Waals surface area contributed by atoms with Crippen molar-refractivity contribution in [1.82, 2.24) is 5.32 Å². The van der Waals surface area contributed by atoms with Crippen molar-refractivity contribution in [3.8, 4) is 0 Å². The lowest BCUT2D eigenvalue weighted by molar-refractivity contribution is 0.0787. The maximum Gasteiger partial charge on any atom is 0.0569 e. The molecule has 0 radical (unpaired) electrons. The van der Waals surface area contributed by atoms with Gasteiger partial charge in [0.15, 0.2) is 0 Å². The fourth-order valence-corrected chi connectivity index (χ4v) is 2.07. The Kier molecular flexibility index (Phi) is 5.40. The topological polar surface area (TPSA) is 32.3 Å². The van der Waals surface area contributed by atoms with Crippen molar-refractivity contribution in [1.29, 1.82) is 0 Å². The van der Waals surface area contributed by atoms with Crippen LogP contribution in [0.25, 0.3) is 0 Å². The summed E-state index contributed by atoms with van der Waals surface area (Å²) in [6.07, 6.45) is 7.01. The van der Waals surface area contributed by atoms with E-state index in [-0.39, 0.29) is 6.10 Å². The third-order valence-corrected chi connectivity index (χ3v) is 3.03. The highest BCUT2D eigenvalue weighted by molar-refractivity contribution is 4.74. The van der Waals surface area contributed by atoms with Gasteiger partial charge >= 0.3 is 0 Å². The van der Waals surface area contributed by atoms with Gasteiger partial charge in [0.2, 0.25) is 0 Å². The van der Waals surface area contributed by atoms with Crippen LogP contribution in [0.1, 0.15) is 45.4 Å². The molecule has 0 aromatic heterocycles. The van der Waals surface area contributed by atoms with E-state index < -0.39 is 0 Å². The maximum atomic E-state index is 9.87. The number of unbranched alkanes of at least 4 members (excludes halogenated alkanes) is 2. The lowest BCUT2D eigenvalue weighted by atomic mass is 9.89. The van der Waals surface area contributed by atoms with Gasteiger partial charge in [0.1, 0.15) is 0 Å². The van der Waals surface area contributed by atoms with Crippen molar-refractivity contribution in [2.24, 2.45) is 5.92 Å². The van der Waals surface area contributed by atoms with E-state index in [1.165, 1.54) is 19.3 Å². The van der Waals surface area contributed by atoms with Crippen LogP contribution in [0.15, 0.2) is 0 Å². The SMILES string of the molecule is CCCCCC(O)C1CCNCC1. The van der Waals surface area contributed by atoms with Gasteiger partial charge in [-0.1, -0.05) is 26.2 Å². The first-order chi connectivity index (χ1) is 6.34. The maximum absolute atomic E-state index is 9.87. The first-order valence-electron chi connectivity index (χ1n) is 5.73. The van der Waals surface area contributed by atoms with Crippen LogP contribution in [-0.4, -0.2) is 24.3 Å². The molecule has 0 aromatic carbocycles. The molecule has 1 unspecified atom stereocenters. The molecule has 1 aliphatic rings. The lowest BCUT2D eigenvalue weighted by Crippen LogP contribution is -2.34. The molecule has 0 bridgehead atoms. The number of hydrogen-bond acceptors (Lipinski definition) is 2. The molecule has 1 saturated heterocycles. The molecule has 1 fully saturated rings. The number of rotatable bonds is 5. The van der Waals surface area contributed by atoms with Gasteiger partial charge in [-0.05, 0) is 38.3 Å². The Labute approximate surface area is 81.7 Å². The number of piperidine rings is 1. The zero-order valence-corrected chi connectivity index (χ0v) is 8.76. The molecule has 78 valence electrons. The van der Waals surface area contributed by atoms with Crippen LogP contribution in [0.4, 0.5) is 0 Å². The average Bonchev–Trinajstić information content (AvgIpc) is 2.19. The van der Waals surface area contributed by atoms with Crippen molar-refractivity contribution >= 4 is 0 Å². The lowest BCUT2D eigenvalue weighted by Gasteiger charge is -2.27. The van der Waals surface area contributed by atoms with Gasteiger partial charge < -0.3 is 10.4 Å². The molecule has 0 spiro atoms. The minimum Gasteiger partial charge on any atom is -0.393 e. The fourth-order valence-electron chi connectivity index (χ4n) is 2.07. The van der Waals surface area contributed by atoms with E-state index in [0.717, 1.165) is 32.4 Å². The van der Waals surface area contributed by atoms with Crippen LogP contribution >= 0.6 is 0 Å². The third-order valence-electron chi connectivity index (χ3n) is 3.03. The number of nitrogens with one attached hydrogen (secondary N) is 1. The molecule has 2 heteroatoms. The van der Waals surface area contributed by atoms with Crippen LogP contribution in [0, 0.1) is 5.92 Å². The molecule has 0 saturated carbocycles. The van der Waals surface area contributed by atoms with Gasteiger partial charge in [0.05, 0.1) is 6.10 Å². The van der Waals surface area contributed by atoms with Crippen LogP contribution in [-0.2, 0) is 0 Å². The number of aliphatic hydroxyl groups is 1. The molecule has 2 nitrogen and oxygen atoms in total. The van der Waals surface area contributed by atoms with Crippen LogP contribution in [0.5, 0.6) is 0 Å². The molecule has 1 heterocycles. The van der Waals surface area contributed by atoms with Crippen LogP contribution < -0.4 is 5.32 Å². The molecular weight excluding hydrogens is 162 g/mol. The van der Waals surface area contributed by atoms with Gasteiger partial charge in [-0.25, -0.2) is 0 Å². The van der Waals surface area contributed by atoms with E-state index in [1.54, 1.807) is 0 Å². The van der Waals surface area contributed by atoms with E-state index in [2.05, 4.69) is 12.2 Å². The first-order valence-corrected chi connectivity index (χ1v) is 5.73. The van der Waals surface area contributed by atoms with Gasteiger partial charge in [-0.3, -0.25) is 0 Å². The monoisotopic (exact) mass is 185 g/mol. The van der Waals surface area contributed by atoms with Crippen molar-refractivity contribution in [2.75, 3.05) is 13.1 Å². The summed E-state index contributed by atoms with van der Waals surface area (Å²) in [5, 5.41) is 13.2. The Morgan fingerprint density at radius 3 is 2.62 bits per heavy atom. The van der Waals surface area contributed by atoms with Crippen molar-refractivity contribution in [2.45, 2.75) is 51.6 Å². The summed E-state index contributed by atoms with van der Waals surface area (Å²) in [5.41, 5.74) is 0. The van der Waals surface area contributed by atoms with Crippen molar-refractivity contribution < 1.29 is 5.11 Å². The minimum absolute atomic E-state index is 0.0337. The Morgan fingerprint density at radius 1 is 1.31 bits per heavy atom. The Morgan fingerprint density at radius 2 is 2.00 bits per heavy atom. The molecule has 1 atom stereocenters.